The third-order valence-electron chi connectivity index (χ3n) is 5.65. The van der Waals surface area contributed by atoms with E-state index in [1.54, 1.807) is 12.1 Å². The molecule has 0 radical (unpaired) electrons. The molecule has 0 spiro atoms. The number of nitrogens with one attached hydrogen (secondary N) is 1. The zero-order chi connectivity index (χ0) is 21.3. The minimum Gasteiger partial charge on any atom is -0.338 e. The van der Waals surface area contributed by atoms with Crippen molar-refractivity contribution in [1.29, 1.82) is 0 Å². The van der Waals surface area contributed by atoms with Crippen molar-refractivity contribution in [3.63, 3.8) is 0 Å². The standard InChI is InChI=1S/C22H23Cl3N4O/c1-14-20(22(30)26-13-28-10-2-3-11-28)27-29(19-9-8-17(24)12-18(19)25)21(14)15-4-6-16(23)7-5-15/h4-9,12,14,21H,2-3,10-11,13H2,1H3,(H,26,30). The highest BCUT2D eigenvalue weighted by atomic mass is 35.5. The number of halogens is 3. The first-order valence-corrected chi connectivity index (χ1v) is 11.2. The van der Waals surface area contributed by atoms with Gasteiger partial charge >= 0.3 is 0 Å². The van der Waals surface area contributed by atoms with Crippen LogP contribution in [0.15, 0.2) is 47.6 Å². The van der Waals surface area contributed by atoms with Gasteiger partial charge in [0.1, 0.15) is 5.71 Å². The zero-order valence-corrected chi connectivity index (χ0v) is 18.9. The van der Waals surface area contributed by atoms with Crippen molar-refractivity contribution in [2.45, 2.75) is 25.8 Å². The van der Waals surface area contributed by atoms with Gasteiger partial charge in [0.2, 0.25) is 0 Å². The smallest absolute Gasteiger partial charge is 0.268 e. The number of hydrogen-bond donors (Lipinski definition) is 1. The lowest BCUT2D eigenvalue weighted by Gasteiger charge is -2.27. The molecule has 0 saturated carbocycles. The highest BCUT2D eigenvalue weighted by molar-refractivity contribution is 6.41. The van der Waals surface area contributed by atoms with E-state index in [9.17, 15) is 4.79 Å². The van der Waals surface area contributed by atoms with E-state index < -0.39 is 0 Å². The van der Waals surface area contributed by atoms with E-state index in [1.807, 2.05) is 42.3 Å². The lowest BCUT2D eigenvalue weighted by molar-refractivity contribution is -0.115. The SMILES string of the molecule is CC1C(C(=O)NCN2CCCC2)=NN(c2ccc(Cl)cc2Cl)C1c1ccc(Cl)cc1. The Morgan fingerprint density at radius 1 is 1.07 bits per heavy atom. The molecule has 2 aromatic rings. The van der Waals surface area contributed by atoms with Crippen LogP contribution in [0.25, 0.3) is 0 Å². The summed E-state index contributed by atoms with van der Waals surface area (Å²) < 4.78 is 0. The third-order valence-corrected chi connectivity index (χ3v) is 6.44. The molecule has 4 rings (SSSR count). The molecular formula is C22H23Cl3N4O. The van der Waals surface area contributed by atoms with Gasteiger partial charge < -0.3 is 5.32 Å². The van der Waals surface area contributed by atoms with E-state index in [-0.39, 0.29) is 17.9 Å². The van der Waals surface area contributed by atoms with Crippen LogP contribution in [0.5, 0.6) is 0 Å². The Morgan fingerprint density at radius 3 is 2.40 bits per heavy atom. The predicted molar refractivity (Wildman–Crippen MR) is 124 cm³/mol. The van der Waals surface area contributed by atoms with Gasteiger partial charge in [0.25, 0.3) is 5.91 Å². The molecule has 2 aliphatic rings. The van der Waals surface area contributed by atoms with Gasteiger partial charge in [0.15, 0.2) is 0 Å². The van der Waals surface area contributed by atoms with Crippen LogP contribution in [-0.2, 0) is 4.79 Å². The summed E-state index contributed by atoms with van der Waals surface area (Å²) in [6.07, 6.45) is 2.35. The van der Waals surface area contributed by atoms with Gasteiger partial charge in [-0.1, -0.05) is 53.9 Å². The Balaban J connectivity index is 1.64. The number of anilines is 1. The second-order valence-corrected chi connectivity index (χ2v) is 8.98. The fourth-order valence-corrected chi connectivity index (χ4v) is 4.68. The molecule has 1 saturated heterocycles. The molecule has 8 heteroatoms. The average Bonchev–Trinajstić information content (AvgIpc) is 3.35. The molecule has 2 aromatic carbocycles. The first-order valence-electron chi connectivity index (χ1n) is 10.0. The number of hydrogen-bond acceptors (Lipinski definition) is 4. The average molecular weight is 466 g/mol. The van der Waals surface area contributed by atoms with E-state index in [0.717, 1.165) is 18.7 Å². The molecule has 5 nitrogen and oxygen atoms in total. The fourth-order valence-electron chi connectivity index (χ4n) is 4.06. The van der Waals surface area contributed by atoms with Crippen LogP contribution in [0.4, 0.5) is 5.69 Å². The summed E-state index contributed by atoms with van der Waals surface area (Å²) >= 11 is 18.7. The molecule has 2 atom stereocenters. The second kappa shape index (κ2) is 9.15. The van der Waals surface area contributed by atoms with Gasteiger partial charge in [-0.3, -0.25) is 14.7 Å². The number of carbonyl (C=O) groups is 1. The van der Waals surface area contributed by atoms with Crippen molar-refractivity contribution < 1.29 is 4.79 Å². The maximum absolute atomic E-state index is 13.0. The lowest BCUT2D eigenvalue weighted by Crippen LogP contribution is -2.40. The molecule has 2 heterocycles. The quantitative estimate of drug-likeness (QED) is 0.646. The third kappa shape index (κ3) is 4.45. The minimum atomic E-state index is -0.187. The van der Waals surface area contributed by atoms with Crippen LogP contribution in [0.3, 0.4) is 0 Å². The molecule has 30 heavy (non-hydrogen) atoms. The van der Waals surface area contributed by atoms with Gasteiger partial charge in [-0.25, -0.2) is 0 Å². The molecule has 2 aliphatic heterocycles. The van der Waals surface area contributed by atoms with Gasteiger partial charge in [0, 0.05) is 16.0 Å². The Hall–Kier alpha value is -1.79. The maximum atomic E-state index is 13.0. The molecule has 0 bridgehead atoms. The van der Waals surface area contributed by atoms with Crippen LogP contribution in [0, 0.1) is 5.92 Å². The summed E-state index contributed by atoms with van der Waals surface area (Å²) in [6, 6.07) is 12.7. The van der Waals surface area contributed by atoms with Gasteiger partial charge in [-0.2, -0.15) is 5.10 Å². The van der Waals surface area contributed by atoms with E-state index in [0.29, 0.717) is 33.1 Å². The van der Waals surface area contributed by atoms with Crippen molar-refractivity contribution in [3.8, 4) is 0 Å². The first kappa shape index (κ1) is 21.4. The van der Waals surface area contributed by atoms with E-state index in [2.05, 4.69) is 10.2 Å². The van der Waals surface area contributed by atoms with Crippen molar-refractivity contribution in [3.05, 3.63) is 63.1 Å². The summed E-state index contributed by atoms with van der Waals surface area (Å²) in [5.74, 6) is -0.294. The highest BCUT2D eigenvalue weighted by Gasteiger charge is 2.40. The van der Waals surface area contributed by atoms with E-state index in [1.165, 1.54) is 12.8 Å². The van der Waals surface area contributed by atoms with Crippen LogP contribution in [-0.4, -0.2) is 36.3 Å². The Bertz CT molecular complexity index is 957. The Morgan fingerprint density at radius 2 is 1.73 bits per heavy atom. The summed E-state index contributed by atoms with van der Waals surface area (Å²) in [5, 5.41) is 11.2. The normalized spacial score (nSPS) is 21.7. The summed E-state index contributed by atoms with van der Waals surface area (Å²) in [7, 11) is 0. The molecule has 1 N–H and O–H groups in total. The van der Waals surface area contributed by atoms with Crippen LogP contribution in [0.1, 0.15) is 31.4 Å². The van der Waals surface area contributed by atoms with Crippen LogP contribution < -0.4 is 10.3 Å². The lowest BCUT2D eigenvalue weighted by atomic mass is 9.91. The molecule has 1 fully saturated rings. The van der Waals surface area contributed by atoms with Crippen molar-refractivity contribution in [2.24, 2.45) is 11.0 Å². The first-order chi connectivity index (χ1) is 14.4. The molecule has 1 amide bonds. The molecule has 0 aliphatic carbocycles. The number of benzene rings is 2. The zero-order valence-electron chi connectivity index (χ0n) is 16.6. The molecular weight excluding hydrogens is 443 g/mol. The predicted octanol–water partition coefficient (Wildman–Crippen LogP) is 5.37. The van der Waals surface area contributed by atoms with Crippen molar-refractivity contribution in [1.82, 2.24) is 10.2 Å². The monoisotopic (exact) mass is 464 g/mol. The number of nitrogens with zero attached hydrogens (tertiary/aromatic N) is 3. The summed E-state index contributed by atoms with van der Waals surface area (Å²) in [5.41, 5.74) is 2.19. The summed E-state index contributed by atoms with van der Waals surface area (Å²) in [4.78, 5) is 15.2. The number of likely N-dealkylation sites (tertiary alicyclic amines) is 1. The highest BCUT2D eigenvalue weighted by Crippen LogP contribution is 2.42. The largest absolute Gasteiger partial charge is 0.338 e. The van der Waals surface area contributed by atoms with Gasteiger partial charge in [-0.15, -0.1) is 0 Å². The number of rotatable bonds is 5. The van der Waals surface area contributed by atoms with E-state index in [4.69, 9.17) is 39.9 Å². The Kier molecular flexibility index (Phi) is 6.54. The summed E-state index contributed by atoms with van der Waals surface area (Å²) in [6.45, 7) is 4.58. The number of hydrazone groups is 1. The van der Waals surface area contributed by atoms with Crippen molar-refractivity contribution >= 4 is 52.1 Å². The molecule has 2 unspecified atom stereocenters. The van der Waals surface area contributed by atoms with Crippen LogP contribution >= 0.6 is 34.8 Å². The fraction of sp³-hybridized carbons (Fsp3) is 0.364. The van der Waals surface area contributed by atoms with Crippen molar-refractivity contribution in [2.75, 3.05) is 24.8 Å². The minimum absolute atomic E-state index is 0.142. The topological polar surface area (TPSA) is 47.9 Å². The van der Waals surface area contributed by atoms with E-state index >= 15 is 0 Å². The number of carbonyl (C=O) groups excluding carboxylic acids is 1. The second-order valence-electron chi connectivity index (χ2n) is 7.70. The number of amides is 1. The maximum Gasteiger partial charge on any atom is 0.268 e. The molecule has 0 aromatic heterocycles. The van der Waals surface area contributed by atoms with Crippen LogP contribution in [0.2, 0.25) is 15.1 Å². The van der Waals surface area contributed by atoms with Gasteiger partial charge in [-0.05, 0) is 61.8 Å². The Labute approximate surface area is 191 Å². The molecule has 158 valence electrons. The van der Waals surface area contributed by atoms with Gasteiger partial charge in [0.05, 0.1) is 23.4 Å².